The number of benzene rings is 2. The van der Waals surface area contributed by atoms with Crippen LogP contribution in [0.2, 0.25) is 0 Å². The summed E-state index contributed by atoms with van der Waals surface area (Å²) in [6.45, 7) is 0.276. The summed E-state index contributed by atoms with van der Waals surface area (Å²) in [6, 6.07) is 12.9. The molecule has 0 aliphatic rings. The van der Waals surface area contributed by atoms with Gasteiger partial charge in [0.15, 0.2) is 11.5 Å². The van der Waals surface area contributed by atoms with Gasteiger partial charge >= 0.3 is 0 Å². The first kappa shape index (κ1) is 21.6. The molecule has 7 nitrogen and oxygen atoms in total. The van der Waals surface area contributed by atoms with Gasteiger partial charge in [0.1, 0.15) is 25.2 Å². The molecule has 0 bridgehead atoms. The summed E-state index contributed by atoms with van der Waals surface area (Å²) in [5, 5.41) is 5.11. The second-order valence-electron chi connectivity index (χ2n) is 6.95. The summed E-state index contributed by atoms with van der Waals surface area (Å²) in [5.41, 5.74) is 3.18. The van der Waals surface area contributed by atoms with Crippen molar-refractivity contribution in [2.75, 3.05) is 27.4 Å². The monoisotopic (exact) mass is 440 g/mol. The van der Waals surface area contributed by atoms with Gasteiger partial charge in [-0.2, -0.15) is 5.10 Å². The number of fused-ring (bicyclic) bond motifs is 1. The molecule has 0 unspecified atom stereocenters. The number of aromatic nitrogens is 4. The summed E-state index contributed by atoms with van der Waals surface area (Å²) >= 11 is 0. The van der Waals surface area contributed by atoms with Crippen LogP contribution in [0.4, 0.5) is 8.78 Å². The molecule has 9 heteroatoms. The van der Waals surface area contributed by atoms with E-state index < -0.39 is 13.0 Å². The van der Waals surface area contributed by atoms with Crippen LogP contribution in [-0.4, -0.2) is 53.6 Å². The number of halogens is 2. The van der Waals surface area contributed by atoms with Crippen molar-refractivity contribution in [2.45, 2.75) is 13.0 Å². The van der Waals surface area contributed by atoms with E-state index in [4.69, 9.17) is 14.2 Å². The van der Waals surface area contributed by atoms with Gasteiger partial charge in [0.2, 0.25) is 0 Å². The van der Waals surface area contributed by atoms with E-state index in [0.29, 0.717) is 52.6 Å². The summed E-state index contributed by atoms with van der Waals surface area (Å²) in [4.78, 5) is 8.83. The maximum Gasteiger partial charge on any atom is 0.257 e. The Bertz CT molecular complexity index is 1200. The van der Waals surface area contributed by atoms with Crippen molar-refractivity contribution in [3.63, 3.8) is 0 Å². The maximum absolute atomic E-state index is 13.1. The number of hydrogen-bond acceptors (Lipinski definition) is 6. The molecule has 32 heavy (non-hydrogen) atoms. The second kappa shape index (κ2) is 9.69. The first-order valence-electron chi connectivity index (χ1n) is 9.96. The third kappa shape index (κ3) is 4.52. The zero-order chi connectivity index (χ0) is 22.5. The summed E-state index contributed by atoms with van der Waals surface area (Å²) in [5.74, 6) is 1.03. The van der Waals surface area contributed by atoms with E-state index in [1.165, 1.54) is 11.0 Å². The van der Waals surface area contributed by atoms with E-state index in [1.54, 1.807) is 32.5 Å². The van der Waals surface area contributed by atoms with Crippen LogP contribution < -0.4 is 9.47 Å². The molecule has 0 spiro atoms. The highest BCUT2D eigenvalue weighted by Gasteiger charge is 2.20. The minimum absolute atomic E-state index is 0.356. The molecule has 0 radical (unpaired) electrons. The van der Waals surface area contributed by atoms with Crippen molar-refractivity contribution in [3.8, 4) is 34.0 Å². The molecule has 0 saturated heterocycles. The highest BCUT2D eigenvalue weighted by molar-refractivity contribution is 5.97. The van der Waals surface area contributed by atoms with Crippen LogP contribution in [0.15, 0.2) is 55.0 Å². The third-order valence-electron chi connectivity index (χ3n) is 4.85. The zero-order valence-corrected chi connectivity index (χ0v) is 17.7. The molecule has 0 saturated carbocycles. The predicted molar refractivity (Wildman–Crippen MR) is 116 cm³/mol. The molecule has 0 amide bonds. The number of alkyl halides is 2. The molecule has 0 atom stereocenters. The van der Waals surface area contributed by atoms with Gasteiger partial charge in [-0.1, -0.05) is 30.3 Å². The highest BCUT2D eigenvalue weighted by Crippen LogP contribution is 2.38. The first-order chi connectivity index (χ1) is 15.6. The van der Waals surface area contributed by atoms with Crippen LogP contribution in [0.3, 0.4) is 0 Å². The molecular weight excluding hydrogens is 418 g/mol. The van der Waals surface area contributed by atoms with Crippen molar-refractivity contribution in [3.05, 3.63) is 55.0 Å². The van der Waals surface area contributed by atoms with Gasteiger partial charge in [0, 0.05) is 35.9 Å². The standard InChI is InChI=1S/C23H22F2N4O3/c1-30-8-9-32-20-11-18-16(10-19(20)31-2)23(27-14-26-18)17-12-29(13-21(24)25)28-22(17)15-6-4-3-5-7-15/h3-7,10-12,14,21H,8-9,13H2,1-2H3. The van der Waals surface area contributed by atoms with Gasteiger partial charge in [-0.25, -0.2) is 18.7 Å². The van der Waals surface area contributed by atoms with Crippen molar-refractivity contribution >= 4 is 10.9 Å². The Labute approximate surface area is 183 Å². The lowest BCUT2D eigenvalue weighted by molar-refractivity contribution is 0.122. The van der Waals surface area contributed by atoms with E-state index >= 15 is 0 Å². The van der Waals surface area contributed by atoms with Gasteiger partial charge in [-0.05, 0) is 6.07 Å². The van der Waals surface area contributed by atoms with E-state index in [1.807, 2.05) is 30.3 Å². The largest absolute Gasteiger partial charge is 0.493 e. The Morgan fingerprint density at radius 3 is 2.50 bits per heavy atom. The molecule has 4 aromatic rings. The summed E-state index contributed by atoms with van der Waals surface area (Å²) in [6.07, 6.45) is 0.494. The highest BCUT2D eigenvalue weighted by atomic mass is 19.3. The lowest BCUT2D eigenvalue weighted by Crippen LogP contribution is -2.06. The molecule has 2 aromatic heterocycles. The van der Waals surface area contributed by atoms with Crippen molar-refractivity contribution in [1.29, 1.82) is 0 Å². The topological polar surface area (TPSA) is 71.3 Å². The Morgan fingerprint density at radius 2 is 1.78 bits per heavy atom. The normalized spacial score (nSPS) is 11.3. The minimum Gasteiger partial charge on any atom is -0.493 e. The zero-order valence-electron chi connectivity index (χ0n) is 17.7. The van der Waals surface area contributed by atoms with E-state index in [-0.39, 0.29) is 0 Å². The van der Waals surface area contributed by atoms with E-state index in [0.717, 1.165) is 5.56 Å². The van der Waals surface area contributed by atoms with Gasteiger partial charge in [-0.3, -0.25) is 4.68 Å². The number of ether oxygens (including phenoxy) is 3. The Hall–Kier alpha value is -3.59. The second-order valence-corrected chi connectivity index (χ2v) is 6.95. The number of methoxy groups -OCH3 is 2. The summed E-state index contributed by atoms with van der Waals surface area (Å²) < 4.78 is 43.7. The quantitative estimate of drug-likeness (QED) is 0.358. The summed E-state index contributed by atoms with van der Waals surface area (Å²) in [7, 11) is 3.14. The van der Waals surface area contributed by atoms with Crippen LogP contribution in [0.5, 0.6) is 11.5 Å². The van der Waals surface area contributed by atoms with E-state index in [2.05, 4.69) is 15.1 Å². The van der Waals surface area contributed by atoms with Crippen molar-refractivity contribution in [2.24, 2.45) is 0 Å². The fourth-order valence-corrected chi connectivity index (χ4v) is 3.42. The predicted octanol–water partition coefficient (Wildman–Crippen LogP) is 4.46. The fraction of sp³-hybridized carbons (Fsp3) is 0.261. The lowest BCUT2D eigenvalue weighted by atomic mass is 10.0. The van der Waals surface area contributed by atoms with Crippen molar-refractivity contribution < 1.29 is 23.0 Å². The Kier molecular flexibility index (Phi) is 6.55. The molecule has 0 fully saturated rings. The number of hydrogen-bond donors (Lipinski definition) is 0. The molecule has 2 aromatic carbocycles. The third-order valence-corrected chi connectivity index (χ3v) is 4.85. The van der Waals surface area contributed by atoms with Gasteiger partial charge in [-0.15, -0.1) is 0 Å². The van der Waals surface area contributed by atoms with Gasteiger partial charge in [0.05, 0.1) is 24.9 Å². The van der Waals surface area contributed by atoms with E-state index in [9.17, 15) is 8.78 Å². The average molecular weight is 440 g/mol. The minimum atomic E-state index is -2.53. The molecule has 0 N–H and O–H groups in total. The van der Waals surface area contributed by atoms with Gasteiger partial charge < -0.3 is 14.2 Å². The molecule has 4 rings (SSSR count). The van der Waals surface area contributed by atoms with Crippen molar-refractivity contribution in [1.82, 2.24) is 19.7 Å². The maximum atomic E-state index is 13.1. The average Bonchev–Trinajstić information content (AvgIpc) is 3.21. The van der Waals surface area contributed by atoms with Crippen LogP contribution in [-0.2, 0) is 11.3 Å². The number of rotatable bonds is 9. The Morgan fingerprint density at radius 1 is 0.969 bits per heavy atom. The lowest BCUT2D eigenvalue weighted by Gasteiger charge is -2.13. The SMILES string of the molecule is COCCOc1cc2ncnc(-c3cn(CC(F)F)nc3-c3ccccc3)c2cc1OC. The molecule has 0 aliphatic carbocycles. The number of nitrogens with zero attached hydrogens (tertiary/aromatic N) is 4. The van der Waals surface area contributed by atoms with Gasteiger partial charge in [0.25, 0.3) is 6.43 Å². The smallest absolute Gasteiger partial charge is 0.257 e. The Balaban J connectivity index is 1.86. The first-order valence-corrected chi connectivity index (χ1v) is 9.96. The van der Waals surface area contributed by atoms with Crippen LogP contribution >= 0.6 is 0 Å². The molecule has 2 heterocycles. The fourth-order valence-electron chi connectivity index (χ4n) is 3.42. The van der Waals surface area contributed by atoms with Crippen LogP contribution in [0, 0.1) is 0 Å². The van der Waals surface area contributed by atoms with Crippen LogP contribution in [0.1, 0.15) is 0 Å². The van der Waals surface area contributed by atoms with Crippen LogP contribution in [0.25, 0.3) is 33.4 Å². The molecule has 0 aliphatic heterocycles. The molecule has 166 valence electrons. The molecular formula is C23H22F2N4O3.